The quantitative estimate of drug-likeness (QED) is 0.700. The summed E-state index contributed by atoms with van der Waals surface area (Å²) in [5.41, 5.74) is 2.90. The molecule has 27 heavy (non-hydrogen) atoms. The van der Waals surface area contributed by atoms with E-state index in [2.05, 4.69) is 25.0 Å². The molecule has 3 aromatic heterocycles. The van der Waals surface area contributed by atoms with Crippen molar-refractivity contribution >= 4 is 33.8 Å². The number of carbonyl (C=O) groups excluding carboxylic acids is 1. The van der Waals surface area contributed by atoms with Crippen LogP contribution in [0.4, 0.5) is 11.4 Å². The molecule has 1 aliphatic rings. The number of pyridine rings is 2. The molecule has 1 amide bonds. The van der Waals surface area contributed by atoms with Gasteiger partial charge in [-0.15, -0.1) is 0 Å². The Labute approximate surface area is 159 Å². The molecule has 1 atom stereocenters. The Kier molecular flexibility index (Phi) is 4.87. The monoisotopic (exact) mass is 384 g/mol. The summed E-state index contributed by atoms with van der Waals surface area (Å²) in [4.78, 5) is 19.1. The van der Waals surface area contributed by atoms with Crippen LogP contribution in [0, 0.1) is 0 Å². The zero-order valence-corrected chi connectivity index (χ0v) is 15.7. The van der Waals surface area contributed by atoms with Crippen LogP contribution in [-0.2, 0) is 11.0 Å². The van der Waals surface area contributed by atoms with Gasteiger partial charge < -0.3 is 10.2 Å². The Balaban J connectivity index is 1.57. The molecule has 4 rings (SSSR count). The van der Waals surface area contributed by atoms with Gasteiger partial charge in [-0.1, -0.05) is 0 Å². The highest BCUT2D eigenvalue weighted by Gasteiger charge is 2.17. The summed E-state index contributed by atoms with van der Waals surface area (Å²) < 4.78 is 16.0. The van der Waals surface area contributed by atoms with Gasteiger partial charge in [0.2, 0.25) is 0 Å². The predicted octanol–water partition coefficient (Wildman–Crippen LogP) is 1.82. The van der Waals surface area contributed by atoms with E-state index in [0.717, 1.165) is 24.3 Å². The molecule has 1 saturated heterocycles. The maximum Gasteiger partial charge on any atom is 0.259 e. The van der Waals surface area contributed by atoms with Crippen molar-refractivity contribution < 1.29 is 9.00 Å². The molecule has 3 aromatic rings. The molecule has 0 radical (unpaired) electrons. The van der Waals surface area contributed by atoms with Gasteiger partial charge in [-0.25, -0.2) is 18.4 Å². The summed E-state index contributed by atoms with van der Waals surface area (Å²) in [5, 5.41) is 7.50. The Bertz CT molecular complexity index is 995. The lowest BCUT2D eigenvalue weighted by molar-refractivity contribution is 0.102. The molecule has 0 aliphatic carbocycles. The first-order valence-electron chi connectivity index (χ1n) is 8.74. The zero-order chi connectivity index (χ0) is 18.8. The normalized spacial score (nSPS) is 15.2. The second-order valence-electron chi connectivity index (χ2n) is 6.28. The highest BCUT2D eigenvalue weighted by Crippen LogP contribution is 2.23. The van der Waals surface area contributed by atoms with Crippen LogP contribution in [0.2, 0.25) is 0 Å². The fourth-order valence-corrected chi connectivity index (χ4v) is 3.73. The van der Waals surface area contributed by atoms with Crippen molar-refractivity contribution in [3.8, 4) is 0 Å². The highest BCUT2D eigenvalue weighted by atomic mass is 32.2. The lowest BCUT2D eigenvalue weighted by Gasteiger charge is -2.17. The number of hydrogen-bond donors (Lipinski definition) is 2. The molecule has 0 saturated carbocycles. The fourth-order valence-electron chi connectivity index (χ4n) is 3.18. The van der Waals surface area contributed by atoms with Crippen LogP contribution in [0.5, 0.6) is 0 Å². The number of nitrogens with zero attached hydrogens (tertiary/aromatic N) is 4. The Morgan fingerprint density at radius 3 is 2.70 bits per heavy atom. The number of anilines is 2. The molecule has 1 fully saturated rings. The standard InChI is InChI=1S/C18H20N6O2S/c1-19-27(26)17-5-4-13(11-20-17)22-18(25)15-12-21-24-9-6-14(10-16(15)24)23-7-2-3-8-23/h4-6,9-12,19H,2-3,7-8H2,1H3,(H,22,25). The average molecular weight is 384 g/mol. The first-order chi connectivity index (χ1) is 13.2. The minimum atomic E-state index is -1.36. The number of fused-ring (bicyclic) bond motifs is 1. The number of rotatable bonds is 5. The SMILES string of the molecule is CNS(=O)c1ccc(NC(=O)c2cnn3ccc(N4CCCC4)cc23)cn1. The van der Waals surface area contributed by atoms with Gasteiger partial charge in [0, 0.05) is 25.0 Å². The van der Waals surface area contributed by atoms with E-state index < -0.39 is 11.0 Å². The Hall–Kier alpha value is -2.78. The van der Waals surface area contributed by atoms with Gasteiger partial charge >= 0.3 is 0 Å². The van der Waals surface area contributed by atoms with Gasteiger partial charge in [-0.2, -0.15) is 5.10 Å². The van der Waals surface area contributed by atoms with E-state index in [0.29, 0.717) is 16.3 Å². The van der Waals surface area contributed by atoms with E-state index in [1.807, 2.05) is 18.3 Å². The minimum Gasteiger partial charge on any atom is -0.371 e. The second kappa shape index (κ2) is 7.45. The van der Waals surface area contributed by atoms with Crippen molar-refractivity contribution in [1.82, 2.24) is 19.3 Å². The van der Waals surface area contributed by atoms with Crippen LogP contribution in [0.25, 0.3) is 5.52 Å². The smallest absolute Gasteiger partial charge is 0.259 e. The van der Waals surface area contributed by atoms with Crippen LogP contribution < -0.4 is 14.9 Å². The predicted molar refractivity (Wildman–Crippen MR) is 104 cm³/mol. The molecule has 2 N–H and O–H groups in total. The first kappa shape index (κ1) is 17.6. The van der Waals surface area contributed by atoms with Crippen LogP contribution >= 0.6 is 0 Å². The molecule has 8 nitrogen and oxygen atoms in total. The third-order valence-corrected chi connectivity index (χ3v) is 5.58. The Morgan fingerprint density at radius 1 is 1.19 bits per heavy atom. The van der Waals surface area contributed by atoms with Crippen molar-refractivity contribution in [2.45, 2.75) is 17.9 Å². The molecular weight excluding hydrogens is 364 g/mol. The molecule has 0 aromatic carbocycles. The Morgan fingerprint density at radius 2 is 2.00 bits per heavy atom. The molecule has 140 valence electrons. The van der Waals surface area contributed by atoms with E-state index in [9.17, 15) is 9.00 Å². The third-order valence-electron chi connectivity index (χ3n) is 4.59. The number of aromatic nitrogens is 3. The van der Waals surface area contributed by atoms with Crippen LogP contribution in [0.15, 0.2) is 47.9 Å². The lowest BCUT2D eigenvalue weighted by atomic mass is 10.2. The van der Waals surface area contributed by atoms with Gasteiger partial charge in [0.25, 0.3) is 5.91 Å². The van der Waals surface area contributed by atoms with Crippen LogP contribution in [0.3, 0.4) is 0 Å². The van der Waals surface area contributed by atoms with Gasteiger partial charge in [0.15, 0.2) is 0 Å². The number of nitrogens with one attached hydrogen (secondary N) is 2. The van der Waals surface area contributed by atoms with Crippen molar-refractivity contribution in [3.63, 3.8) is 0 Å². The molecule has 1 aliphatic heterocycles. The van der Waals surface area contributed by atoms with E-state index in [1.165, 1.54) is 19.0 Å². The molecule has 0 bridgehead atoms. The largest absolute Gasteiger partial charge is 0.371 e. The lowest BCUT2D eigenvalue weighted by Crippen LogP contribution is -2.18. The summed E-state index contributed by atoms with van der Waals surface area (Å²) in [5.74, 6) is -0.257. The molecular formula is C18H20N6O2S. The summed E-state index contributed by atoms with van der Waals surface area (Å²) in [6, 6.07) is 7.32. The average Bonchev–Trinajstić information content (AvgIpc) is 3.37. The summed E-state index contributed by atoms with van der Waals surface area (Å²) in [7, 11) is 0.237. The highest BCUT2D eigenvalue weighted by molar-refractivity contribution is 7.82. The molecule has 1 unspecified atom stereocenters. The second-order valence-corrected chi connectivity index (χ2v) is 7.64. The van der Waals surface area contributed by atoms with E-state index >= 15 is 0 Å². The van der Waals surface area contributed by atoms with Crippen LogP contribution in [-0.4, -0.2) is 44.9 Å². The summed E-state index contributed by atoms with van der Waals surface area (Å²) in [6.07, 6.45) is 7.32. The fraction of sp³-hybridized carbons (Fsp3) is 0.278. The topological polar surface area (TPSA) is 91.6 Å². The van der Waals surface area contributed by atoms with Crippen molar-refractivity contribution in [2.24, 2.45) is 0 Å². The maximum absolute atomic E-state index is 12.7. The van der Waals surface area contributed by atoms with E-state index in [1.54, 1.807) is 29.9 Å². The number of hydrogen-bond acceptors (Lipinski definition) is 5. The van der Waals surface area contributed by atoms with Gasteiger partial charge in [0.05, 0.1) is 29.2 Å². The van der Waals surface area contributed by atoms with Gasteiger partial charge in [-0.05, 0) is 44.2 Å². The number of amides is 1. The van der Waals surface area contributed by atoms with Crippen molar-refractivity contribution in [1.29, 1.82) is 0 Å². The zero-order valence-electron chi connectivity index (χ0n) is 14.9. The number of carbonyl (C=O) groups is 1. The van der Waals surface area contributed by atoms with Gasteiger partial charge in [0.1, 0.15) is 16.0 Å². The van der Waals surface area contributed by atoms with Crippen molar-refractivity contribution in [3.05, 3.63) is 48.4 Å². The van der Waals surface area contributed by atoms with Crippen molar-refractivity contribution in [2.75, 3.05) is 30.4 Å². The molecule has 0 spiro atoms. The van der Waals surface area contributed by atoms with E-state index in [-0.39, 0.29) is 5.91 Å². The maximum atomic E-state index is 12.7. The summed E-state index contributed by atoms with van der Waals surface area (Å²) >= 11 is 0. The van der Waals surface area contributed by atoms with E-state index in [4.69, 9.17) is 0 Å². The third kappa shape index (κ3) is 3.56. The van der Waals surface area contributed by atoms with Gasteiger partial charge in [-0.3, -0.25) is 4.79 Å². The van der Waals surface area contributed by atoms with Crippen LogP contribution in [0.1, 0.15) is 23.2 Å². The molecule has 4 heterocycles. The first-order valence-corrected chi connectivity index (χ1v) is 9.89. The summed E-state index contributed by atoms with van der Waals surface area (Å²) in [6.45, 7) is 2.08. The molecule has 9 heteroatoms. The minimum absolute atomic E-state index is 0.257.